The summed E-state index contributed by atoms with van der Waals surface area (Å²) in [5.41, 5.74) is -0.293. The number of nitrogens with one attached hydrogen (secondary N) is 1. The second-order valence-electron chi connectivity index (χ2n) is 4.37. The third-order valence-electron chi connectivity index (χ3n) is 2.64. The van der Waals surface area contributed by atoms with E-state index < -0.39 is 0 Å². The molecule has 88 valence electrons. The van der Waals surface area contributed by atoms with Crippen molar-refractivity contribution in [2.45, 2.75) is 45.6 Å². The van der Waals surface area contributed by atoms with Crippen molar-refractivity contribution in [3.8, 4) is 6.07 Å². The highest BCUT2D eigenvalue weighted by molar-refractivity contribution is 7.99. The van der Waals surface area contributed by atoms with Gasteiger partial charge in [-0.05, 0) is 43.7 Å². The molecule has 0 fully saturated rings. The highest BCUT2D eigenvalue weighted by atomic mass is 32.2. The van der Waals surface area contributed by atoms with Gasteiger partial charge in [0.05, 0.1) is 6.07 Å². The molecule has 0 aliphatic rings. The predicted octanol–water partition coefficient (Wildman–Crippen LogP) is 3.05. The van der Waals surface area contributed by atoms with E-state index in [-0.39, 0.29) is 5.54 Å². The molecule has 0 aliphatic heterocycles. The van der Waals surface area contributed by atoms with E-state index >= 15 is 0 Å². The highest BCUT2D eigenvalue weighted by Crippen LogP contribution is 2.18. The molecule has 2 nitrogen and oxygen atoms in total. The van der Waals surface area contributed by atoms with E-state index in [1.807, 2.05) is 18.8 Å². The molecule has 0 spiro atoms. The molecule has 0 heterocycles. The van der Waals surface area contributed by atoms with E-state index in [9.17, 15) is 0 Å². The van der Waals surface area contributed by atoms with Crippen LogP contribution in [0, 0.1) is 17.2 Å². The maximum Gasteiger partial charge on any atom is 0.106 e. The minimum atomic E-state index is -0.293. The van der Waals surface area contributed by atoms with E-state index in [0.29, 0.717) is 0 Å². The molecular formula is C12H24N2S. The second kappa shape index (κ2) is 8.01. The molecule has 3 heteroatoms. The number of hydrogen-bond donors (Lipinski definition) is 1. The molecule has 0 aromatic rings. The van der Waals surface area contributed by atoms with Crippen molar-refractivity contribution in [2.24, 2.45) is 5.92 Å². The van der Waals surface area contributed by atoms with E-state index in [0.717, 1.165) is 25.2 Å². The van der Waals surface area contributed by atoms with Gasteiger partial charge in [-0.25, -0.2) is 0 Å². The van der Waals surface area contributed by atoms with Gasteiger partial charge in [0.15, 0.2) is 0 Å². The van der Waals surface area contributed by atoms with E-state index in [4.69, 9.17) is 5.26 Å². The number of nitriles is 1. The smallest absolute Gasteiger partial charge is 0.106 e. The molecule has 0 rings (SSSR count). The number of thioether (sulfide) groups is 1. The van der Waals surface area contributed by atoms with Crippen molar-refractivity contribution in [1.82, 2.24) is 5.32 Å². The largest absolute Gasteiger partial charge is 0.302 e. The summed E-state index contributed by atoms with van der Waals surface area (Å²) >= 11 is 2.00. The fraction of sp³-hybridized carbons (Fsp3) is 0.917. The average molecular weight is 228 g/mol. The van der Waals surface area contributed by atoms with Gasteiger partial charge in [0, 0.05) is 0 Å². The Morgan fingerprint density at radius 2 is 2.13 bits per heavy atom. The maximum atomic E-state index is 9.10. The first-order chi connectivity index (χ1) is 7.10. The van der Waals surface area contributed by atoms with Crippen molar-refractivity contribution in [3.05, 3.63) is 0 Å². The SMILES string of the molecule is CCC(C#N)(CCCSCC(C)C)NC. The Kier molecular flexibility index (Phi) is 7.90. The first kappa shape index (κ1) is 14.8. The molecule has 15 heavy (non-hydrogen) atoms. The quantitative estimate of drug-likeness (QED) is 0.649. The molecule has 0 amide bonds. The van der Waals surface area contributed by atoms with Crippen molar-refractivity contribution >= 4 is 11.8 Å². The lowest BCUT2D eigenvalue weighted by Crippen LogP contribution is -2.40. The summed E-state index contributed by atoms with van der Waals surface area (Å²) in [5.74, 6) is 3.17. The zero-order chi connectivity index (χ0) is 11.7. The molecule has 0 aliphatic carbocycles. The van der Waals surface area contributed by atoms with Gasteiger partial charge in [0.1, 0.15) is 5.54 Å². The van der Waals surface area contributed by atoms with Crippen LogP contribution in [0.4, 0.5) is 0 Å². The van der Waals surface area contributed by atoms with Crippen LogP contribution in [-0.2, 0) is 0 Å². The Balaban J connectivity index is 3.69. The number of rotatable bonds is 8. The van der Waals surface area contributed by atoms with Crippen LogP contribution in [0.15, 0.2) is 0 Å². The van der Waals surface area contributed by atoms with Gasteiger partial charge in [-0.1, -0.05) is 20.8 Å². The molecule has 0 saturated carbocycles. The third kappa shape index (κ3) is 6.06. The number of hydrogen-bond acceptors (Lipinski definition) is 3. The zero-order valence-electron chi connectivity index (χ0n) is 10.5. The fourth-order valence-corrected chi connectivity index (χ4v) is 2.45. The highest BCUT2D eigenvalue weighted by Gasteiger charge is 2.24. The number of nitrogens with zero attached hydrogens (tertiary/aromatic N) is 1. The van der Waals surface area contributed by atoms with Crippen molar-refractivity contribution < 1.29 is 0 Å². The second-order valence-corrected chi connectivity index (χ2v) is 5.52. The Morgan fingerprint density at radius 1 is 1.47 bits per heavy atom. The summed E-state index contributed by atoms with van der Waals surface area (Å²) < 4.78 is 0. The van der Waals surface area contributed by atoms with E-state index in [2.05, 4.69) is 32.2 Å². The van der Waals surface area contributed by atoms with E-state index in [1.165, 1.54) is 11.5 Å². The zero-order valence-corrected chi connectivity index (χ0v) is 11.3. The Bertz CT molecular complexity index is 192. The Labute approximate surface area is 98.8 Å². The normalized spacial score (nSPS) is 14.9. The summed E-state index contributed by atoms with van der Waals surface area (Å²) in [5, 5.41) is 12.2. The van der Waals surface area contributed by atoms with Crippen molar-refractivity contribution in [2.75, 3.05) is 18.6 Å². The van der Waals surface area contributed by atoms with Gasteiger partial charge in [-0.2, -0.15) is 17.0 Å². The Hall–Kier alpha value is -0.200. The lowest BCUT2D eigenvalue weighted by Gasteiger charge is -2.24. The standard InChI is InChI=1S/C12H24N2S/c1-5-12(10-13,14-4)7-6-8-15-9-11(2)3/h11,14H,5-9H2,1-4H3. The van der Waals surface area contributed by atoms with Gasteiger partial charge in [0.2, 0.25) is 0 Å². The van der Waals surface area contributed by atoms with E-state index in [1.54, 1.807) is 0 Å². The molecule has 0 bridgehead atoms. The summed E-state index contributed by atoms with van der Waals surface area (Å²) in [4.78, 5) is 0. The monoisotopic (exact) mass is 228 g/mol. The summed E-state index contributed by atoms with van der Waals surface area (Å²) in [6.07, 6.45) is 2.97. The molecule has 1 atom stereocenters. The predicted molar refractivity (Wildman–Crippen MR) is 69.1 cm³/mol. The van der Waals surface area contributed by atoms with Crippen LogP contribution in [0.2, 0.25) is 0 Å². The van der Waals surface area contributed by atoms with Crippen LogP contribution < -0.4 is 5.32 Å². The van der Waals surface area contributed by atoms with Gasteiger partial charge in [-0.15, -0.1) is 0 Å². The minimum Gasteiger partial charge on any atom is -0.302 e. The van der Waals surface area contributed by atoms with Crippen molar-refractivity contribution in [1.29, 1.82) is 5.26 Å². The van der Waals surface area contributed by atoms with Crippen LogP contribution in [0.5, 0.6) is 0 Å². The van der Waals surface area contributed by atoms with Gasteiger partial charge in [0.25, 0.3) is 0 Å². The molecule has 1 N–H and O–H groups in total. The van der Waals surface area contributed by atoms with Crippen LogP contribution in [0.3, 0.4) is 0 Å². The first-order valence-corrected chi connectivity index (χ1v) is 6.93. The topological polar surface area (TPSA) is 35.8 Å². The van der Waals surface area contributed by atoms with Crippen LogP contribution in [0.25, 0.3) is 0 Å². The van der Waals surface area contributed by atoms with Crippen LogP contribution in [0.1, 0.15) is 40.0 Å². The lowest BCUT2D eigenvalue weighted by atomic mass is 9.93. The summed E-state index contributed by atoms with van der Waals surface area (Å²) in [6.45, 7) is 6.55. The lowest BCUT2D eigenvalue weighted by molar-refractivity contribution is 0.400. The Morgan fingerprint density at radius 3 is 2.53 bits per heavy atom. The molecular weight excluding hydrogens is 204 g/mol. The average Bonchev–Trinajstić information content (AvgIpc) is 2.24. The van der Waals surface area contributed by atoms with Crippen LogP contribution >= 0.6 is 11.8 Å². The summed E-state index contributed by atoms with van der Waals surface area (Å²) in [7, 11) is 1.88. The van der Waals surface area contributed by atoms with Gasteiger partial charge >= 0.3 is 0 Å². The van der Waals surface area contributed by atoms with Gasteiger partial charge in [-0.3, -0.25) is 0 Å². The summed E-state index contributed by atoms with van der Waals surface area (Å²) in [6, 6.07) is 2.39. The van der Waals surface area contributed by atoms with Crippen molar-refractivity contribution in [3.63, 3.8) is 0 Å². The first-order valence-electron chi connectivity index (χ1n) is 5.78. The molecule has 0 aromatic carbocycles. The maximum absolute atomic E-state index is 9.10. The molecule has 0 saturated heterocycles. The minimum absolute atomic E-state index is 0.293. The fourth-order valence-electron chi connectivity index (χ4n) is 1.46. The third-order valence-corrected chi connectivity index (χ3v) is 4.12. The van der Waals surface area contributed by atoms with Gasteiger partial charge < -0.3 is 5.32 Å². The van der Waals surface area contributed by atoms with Crippen LogP contribution in [-0.4, -0.2) is 24.1 Å². The molecule has 0 aromatic heterocycles. The molecule has 0 radical (unpaired) electrons. The molecule has 1 unspecified atom stereocenters.